The van der Waals surface area contributed by atoms with Crippen molar-refractivity contribution in [3.8, 4) is 0 Å². The van der Waals surface area contributed by atoms with Gasteiger partial charge in [-0.2, -0.15) is 0 Å². The zero-order valence-corrected chi connectivity index (χ0v) is 10.4. The third-order valence-corrected chi connectivity index (χ3v) is 3.15. The highest BCUT2D eigenvalue weighted by Gasteiger charge is 2.18. The highest BCUT2D eigenvalue weighted by Crippen LogP contribution is 2.26. The number of thiophene rings is 1. The topological polar surface area (TPSA) is 46.2 Å². The van der Waals surface area contributed by atoms with Crippen LogP contribution in [0.5, 0.6) is 0 Å². The van der Waals surface area contributed by atoms with E-state index in [1.54, 1.807) is 17.5 Å². The molecule has 0 saturated heterocycles. The van der Waals surface area contributed by atoms with E-state index in [-0.39, 0.29) is 11.5 Å². The molecular formula is C13H10FNO2S. The van der Waals surface area contributed by atoms with Gasteiger partial charge in [0.25, 0.3) is 0 Å². The Labute approximate surface area is 107 Å². The Morgan fingerprint density at radius 3 is 2.56 bits per heavy atom. The van der Waals surface area contributed by atoms with E-state index in [1.807, 2.05) is 0 Å². The summed E-state index contributed by atoms with van der Waals surface area (Å²) in [5, 5.41) is 4.68. The largest absolute Gasteiger partial charge is 0.317 e. The maximum atomic E-state index is 13.5. The molecule has 5 heteroatoms. The molecule has 0 unspecified atom stereocenters. The van der Waals surface area contributed by atoms with Gasteiger partial charge in [0.05, 0.1) is 11.1 Å². The number of carbonyl (C=O) groups excluding carboxylic acids is 2. The van der Waals surface area contributed by atoms with Gasteiger partial charge < -0.3 is 5.32 Å². The van der Waals surface area contributed by atoms with Crippen molar-refractivity contribution in [1.29, 1.82) is 0 Å². The van der Waals surface area contributed by atoms with Crippen LogP contribution in [0.4, 0.5) is 9.39 Å². The van der Waals surface area contributed by atoms with Crippen LogP contribution < -0.4 is 5.32 Å². The minimum Gasteiger partial charge on any atom is -0.317 e. The molecule has 1 heterocycles. The van der Waals surface area contributed by atoms with Gasteiger partial charge in [0, 0.05) is 6.92 Å². The van der Waals surface area contributed by atoms with E-state index in [1.165, 1.54) is 36.5 Å². The lowest BCUT2D eigenvalue weighted by atomic mass is 10.1. The van der Waals surface area contributed by atoms with Gasteiger partial charge in [-0.25, -0.2) is 4.39 Å². The van der Waals surface area contributed by atoms with Crippen LogP contribution in [0.25, 0.3) is 0 Å². The van der Waals surface area contributed by atoms with Crippen molar-refractivity contribution in [2.45, 2.75) is 6.92 Å². The van der Waals surface area contributed by atoms with Gasteiger partial charge in [0.15, 0.2) is 5.78 Å². The molecule has 92 valence electrons. The Hall–Kier alpha value is -2.01. The lowest BCUT2D eigenvalue weighted by Gasteiger charge is -2.04. The first-order valence-electron chi connectivity index (χ1n) is 5.24. The zero-order chi connectivity index (χ0) is 13.1. The number of ketones is 1. The second kappa shape index (κ2) is 5.10. The fraction of sp³-hybridized carbons (Fsp3) is 0.0769. The molecule has 3 nitrogen and oxygen atoms in total. The summed E-state index contributed by atoms with van der Waals surface area (Å²) < 4.78 is 13.5. The van der Waals surface area contributed by atoms with Gasteiger partial charge in [0.2, 0.25) is 5.91 Å². The average Bonchev–Trinajstić information content (AvgIpc) is 2.76. The Balaban J connectivity index is 2.38. The summed E-state index contributed by atoms with van der Waals surface area (Å²) in [6.45, 7) is 1.36. The molecule has 0 aliphatic heterocycles. The van der Waals surface area contributed by atoms with Crippen molar-refractivity contribution in [3.05, 3.63) is 52.7 Å². The van der Waals surface area contributed by atoms with E-state index in [2.05, 4.69) is 5.32 Å². The normalized spacial score (nSPS) is 10.1. The number of rotatable bonds is 3. The molecule has 2 rings (SSSR count). The second-order valence-electron chi connectivity index (χ2n) is 3.65. The number of anilines is 1. The van der Waals surface area contributed by atoms with Gasteiger partial charge in [-0.15, -0.1) is 11.3 Å². The third kappa shape index (κ3) is 2.46. The van der Waals surface area contributed by atoms with E-state index in [9.17, 15) is 14.0 Å². The van der Waals surface area contributed by atoms with Crippen molar-refractivity contribution >= 4 is 28.0 Å². The molecule has 0 fully saturated rings. The van der Waals surface area contributed by atoms with Crippen LogP contribution in [-0.2, 0) is 4.79 Å². The minimum atomic E-state index is -0.567. The Bertz CT molecular complexity index is 607. The molecule has 1 aromatic carbocycles. The first kappa shape index (κ1) is 12.4. The summed E-state index contributed by atoms with van der Waals surface area (Å²) in [4.78, 5) is 23.1. The molecule has 0 bridgehead atoms. The summed E-state index contributed by atoms with van der Waals surface area (Å²) in [5.41, 5.74) is 0.308. The van der Waals surface area contributed by atoms with Crippen LogP contribution in [0, 0.1) is 5.82 Å². The number of nitrogens with one attached hydrogen (secondary N) is 1. The molecule has 0 radical (unpaired) electrons. The molecular weight excluding hydrogens is 253 g/mol. The number of amides is 1. The summed E-state index contributed by atoms with van der Waals surface area (Å²) in [5.74, 6) is -1.26. The summed E-state index contributed by atoms with van der Waals surface area (Å²) in [6.07, 6.45) is 0. The average molecular weight is 263 g/mol. The molecule has 2 aromatic rings. The Morgan fingerprint density at radius 2 is 1.89 bits per heavy atom. The maximum absolute atomic E-state index is 13.5. The first-order chi connectivity index (χ1) is 8.59. The summed E-state index contributed by atoms with van der Waals surface area (Å²) >= 11 is 1.23. The summed E-state index contributed by atoms with van der Waals surface area (Å²) in [6, 6.07) is 7.35. The van der Waals surface area contributed by atoms with Crippen molar-refractivity contribution in [2.75, 3.05) is 5.32 Å². The van der Waals surface area contributed by atoms with Gasteiger partial charge in [0.1, 0.15) is 10.8 Å². The molecule has 18 heavy (non-hydrogen) atoms. The quantitative estimate of drug-likeness (QED) is 0.865. The van der Waals surface area contributed by atoms with Gasteiger partial charge in [-0.3, -0.25) is 9.59 Å². The van der Waals surface area contributed by atoms with Crippen molar-refractivity contribution in [1.82, 2.24) is 0 Å². The molecule has 0 spiro atoms. The van der Waals surface area contributed by atoms with Crippen LogP contribution in [0.15, 0.2) is 35.7 Å². The molecule has 0 aliphatic rings. The number of hydrogen-bond donors (Lipinski definition) is 1. The van der Waals surface area contributed by atoms with E-state index >= 15 is 0 Å². The predicted molar refractivity (Wildman–Crippen MR) is 68.5 cm³/mol. The first-order valence-corrected chi connectivity index (χ1v) is 6.12. The standard InChI is InChI=1S/C13H10FNO2S/c1-8(16)15-13-10(6-7-18-13)12(17)9-4-2-3-5-11(9)14/h2-7H,1H3,(H,15,16). The monoisotopic (exact) mass is 263 g/mol. The SMILES string of the molecule is CC(=O)Nc1sccc1C(=O)c1ccccc1F. The maximum Gasteiger partial charge on any atom is 0.221 e. The molecule has 1 N–H and O–H groups in total. The van der Waals surface area contributed by atoms with Gasteiger partial charge in [-0.1, -0.05) is 12.1 Å². The minimum absolute atomic E-state index is 0.00232. The molecule has 0 aliphatic carbocycles. The molecule has 1 amide bonds. The van der Waals surface area contributed by atoms with Crippen molar-refractivity contribution < 1.29 is 14.0 Å². The van der Waals surface area contributed by atoms with E-state index in [0.717, 1.165) is 0 Å². The predicted octanol–water partition coefficient (Wildman–Crippen LogP) is 3.08. The zero-order valence-electron chi connectivity index (χ0n) is 9.57. The van der Waals surface area contributed by atoms with Gasteiger partial charge in [-0.05, 0) is 23.6 Å². The lowest BCUT2D eigenvalue weighted by Crippen LogP contribution is -2.10. The fourth-order valence-electron chi connectivity index (χ4n) is 1.54. The van der Waals surface area contributed by atoms with Crippen LogP contribution in [0.3, 0.4) is 0 Å². The number of hydrogen-bond acceptors (Lipinski definition) is 3. The Morgan fingerprint density at radius 1 is 1.17 bits per heavy atom. The fourth-order valence-corrected chi connectivity index (χ4v) is 2.37. The number of benzene rings is 1. The van der Waals surface area contributed by atoms with Crippen LogP contribution in [-0.4, -0.2) is 11.7 Å². The van der Waals surface area contributed by atoms with Gasteiger partial charge >= 0.3 is 0 Å². The Kier molecular flexibility index (Phi) is 3.53. The second-order valence-corrected chi connectivity index (χ2v) is 4.57. The highest BCUT2D eigenvalue weighted by atomic mass is 32.1. The van der Waals surface area contributed by atoms with Crippen LogP contribution >= 0.6 is 11.3 Å². The highest BCUT2D eigenvalue weighted by molar-refractivity contribution is 7.14. The van der Waals surface area contributed by atoms with Crippen LogP contribution in [0.1, 0.15) is 22.8 Å². The van der Waals surface area contributed by atoms with E-state index < -0.39 is 11.6 Å². The van der Waals surface area contributed by atoms with E-state index in [4.69, 9.17) is 0 Å². The molecule has 0 saturated carbocycles. The lowest BCUT2D eigenvalue weighted by molar-refractivity contribution is -0.114. The molecule has 1 aromatic heterocycles. The third-order valence-electron chi connectivity index (χ3n) is 2.32. The molecule has 0 atom stereocenters. The van der Waals surface area contributed by atoms with Crippen molar-refractivity contribution in [3.63, 3.8) is 0 Å². The smallest absolute Gasteiger partial charge is 0.221 e. The van der Waals surface area contributed by atoms with Crippen molar-refractivity contribution in [2.24, 2.45) is 0 Å². The number of halogens is 1. The summed E-state index contributed by atoms with van der Waals surface area (Å²) in [7, 11) is 0. The van der Waals surface area contributed by atoms with Crippen LogP contribution in [0.2, 0.25) is 0 Å². The van der Waals surface area contributed by atoms with E-state index in [0.29, 0.717) is 10.6 Å². The number of carbonyl (C=O) groups is 2.